The van der Waals surface area contributed by atoms with Crippen molar-refractivity contribution in [1.82, 2.24) is 15.4 Å². The molecule has 0 atom stereocenters. The normalized spacial score (nSPS) is 10.3. The van der Waals surface area contributed by atoms with Gasteiger partial charge in [0.25, 0.3) is 5.91 Å². The number of aryl methyl sites for hydroxylation is 1. The molecule has 1 amide bonds. The minimum absolute atomic E-state index is 0.219. The van der Waals surface area contributed by atoms with Crippen LogP contribution in [0.25, 0.3) is 0 Å². The van der Waals surface area contributed by atoms with Crippen molar-refractivity contribution in [3.8, 4) is 5.75 Å². The molecule has 0 aliphatic heterocycles. The number of hydrazine groups is 1. The van der Waals surface area contributed by atoms with E-state index in [1.807, 2.05) is 19.2 Å². The molecule has 1 aromatic heterocycles. The van der Waals surface area contributed by atoms with E-state index in [1.165, 1.54) is 11.8 Å². The smallest absolute Gasteiger partial charge is 0.270 e. The number of ether oxygens (including phenoxy) is 1. The van der Waals surface area contributed by atoms with Crippen molar-refractivity contribution in [3.05, 3.63) is 40.0 Å². The number of halogens is 1. The first-order valence-corrected chi connectivity index (χ1v) is 8.74. The minimum Gasteiger partial charge on any atom is -0.497 e. The van der Waals surface area contributed by atoms with Gasteiger partial charge in [0, 0.05) is 18.8 Å². The predicted molar refractivity (Wildman–Crippen MR) is 95.1 cm³/mol. The number of nitrogens with zero attached hydrogens (tertiary/aromatic N) is 3. The maximum Gasteiger partial charge on any atom is 0.270 e. The lowest BCUT2D eigenvalue weighted by molar-refractivity contribution is 0.0950. The van der Waals surface area contributed by atoms with Crippen LogP contribution in [0.15, 0.2) is 34.0 Å². The second-order valence-corrected chi connectivity index (χ2v) is 6.34. The molecule has 0 unspecified atom stereocenters. The number of methoxy groups -OCH3 is 1. The average Bonchev–Trinajstić information content (AvgIpc) is 2.54. The Kier molecular flexibility index (Phi) is 5.84. The molecule has 122 valence electrons. The van der Waals surface area contributed by atoms with E-state index in [1.54, 1.807) is 37.5 Å². The molecule has 0 radical (unpaired) electrons. The summed E-state index contributed by atoms with van der Waals surface area (Å²) in [6.45, 7) is 1.86. The molecule has 23 heavy (non-hydrogen) atoms. The Morgan fingerprint density at radius 2 is 2.17 bits per heavy atom. The summed E-state index contributed by atoms with van der Waals surface area (Å²) in [5.74, 6) is 1.09. The summed E-state index contributed by atoms with van der Waals surface area (Å²) in [4.78, 5) is 21.0. The molecule has 0 bridgehead atoms. The Morgan fingerprint density at radius 3 is 2.78 bits per heavy atom. The summed E-state index contributed by atoms with van der Waals surface area (Å²) in [7, 11) is 3.33. The second-order valence-electron chi connectivity index (χ2n) is 4.71. The van der Waals surface area contributed by atoms with Crippen molar-refractivity contribution in [2.24, 2.45) is 0 Å². The van der Waals surface area contributed by atoms with Crippen LogP contribution in [0.1, 0.15) is 15.9 Å². The van der Waals surface area contributed by atoms with Crippen LogP contribution in [0.3, 0.4) is 0 Å². The van der Waals surface area contributed by atoms with Gasteiger partial charge in [-0.1, -0.05) is 11.8 Å². The van der Waals surface area contributed by atoms with Gasteiger partial charge in [0.15, 0.2) is 11.0 Å². The van der Waals surface area contributed by atoms with Crippen LogP contribution in [0.5, 0.6) is 5.75 Å². The average molecular weight is 397 g/mol. The first kappa shape index (κ1) is 17.6. The van der Waals surface area contributed by atoms with Crippen molar-refractivity contribution in [2.45, 2.75) is 12.1 Å². The van der Waals surface area contributed by atoms with Gasteiger partial charge in [0.2, 0.25) is 0 Å². The molecule has 0 aliphatic rings. The zero-order chi connectivity index (χ0) is 17.0. The third-order valence-electron chi connectivity index (χ3n) is 3.15. The van der Waals surface area contributed by atoms with Crippen LogP contribution in [0, 0.1) is 6.92 Å². The summed E-state index contributed by atoms with van der Waals surface area (Å²) in [5.41, 5.74) is 4.22. The van der Waals surface area contributed by atoms with E-state index < -0.39 is 0 Å². The summed E-state index contributed by atoms with van der Waals surface area (Å²) >= 11 is 4.83. The van der Waals surface area contributed by atoms with Gasteiger partial charge in [0.05, 0.1) is 11.6 Å². The molecule has 1 N–H and O–H groups in total. The van der Waals surface area contributed by atoms with Crippen molar-refractivity contribution >= 4 is 39.4 Å². The van der Waals surface area contributed by atoms with Gasteiger partial charge < -0.3 is 4.74 Å². The SMILES string of the molecule is COc1ccc(C(=O)NN(C)c2nc(SC)ncc2Br)c(C)c1. The Balaban J connectivity index is 2.20. The third-order valence-corrected chi connectivity index (χ3v) is 4.27. The fraction of sp³-hybridized carbons (Fsp3) is 0.267. The second kappa shape index (κ2) is 7.65. The van der Waals surface area contributed by atoms with Gasteiger partial charge in [-0.05, 0) is 52.9 Å². The topological polar surface area (TPSA) is 67.3 Å². The molecule has 0 saturated heterocycles. The van der Waals surface area contributed by atoms with Crippen LogP contribution < -0.4 is 15.2 Å². The summed E-state index contributed by atoms with van der Waals surface area (Å²) < 4.78 is 5.85. The Bertz CT molecular complexity index is 727. The molecule has 8 heteroatoms. The highest BCUT2D eigenvalue weighted by molar-refractivity contribution is 9.10. The van der Waals surface area contributed by atoms with E-state index >= 15 is 0 Å². The zero-order valence-corrected chi connectivity index (χ0v) is 15.7. The molecule has 2 aromatic rings. The lowest BCUT2D eigenvalue weighted by Gasteiger charge is -2.21. The highest BCUT2D eigenvalue weighted by Crippen LogP contribution is 2.24. The molecule has 2 rings (SSSR count). The maximum atomic E-state index is 12.5. The van der Waals surface area contributed by atoms with Crippen LogP contribution in [-0.2, 0) is 0 Å². The van der Waals surface area contributed by atoms with Crippen molar-refractivity contribution in [3.63, 3.8) is 0 Å². The minimum atomic E-state index is -0.219. The van der Waals surface area contributed by atoms with Crippen LogP contribution >= 0.6 is 27.7 Å². The fourth-order valence-corrected chi connectivity index (χ4v) is 2.75. The van der Waals surface area contributed by atoms with E-state index in [0.717, 1.165) is 11.3 Å². The summed E-state index contributed by atoms with van der Waals surface area (Å²) in [6.07, 6.45) is 3.56. The van der Waals surface area contributed by atoms with Gasteiger partial charge in [-0.25, -0.2) is 9.97 Å². The predicted octanol–water partition coefficient (Wildman–Crippen LogP) is 3.06. The number of rotatable bonds is 5. The number of nitrogens with one attached hydrogen (secondary N) is 1. The molecular weight excluding hydrogens is 380 g/mol. The number of aromatic nitrogens is 2. The molecule has 0 aliphatic carbocycles. The van der Waals surface area contributed by atoms with Gasteiger partial charge in [-0.15, -0.1) is 0 Å². The number of anilines is 1. The lowest BCUT2D eigenvalue weighted by Crippen LogP contribution is -2.40. The highest BCUT2D eigenvalue weighted by atomic mass is 79.9. The van der Waals surface area contributed by atoms with Crippen LogP contribution in [0.4, 0.5) is 5.82 Å². The number of hydrogen-bond acceptors (Lipinski definition) is 6. The van der Waals surface area contributed by atoms with E-state index in [4.69, 9.17) is 4.74 Å². The van der Waals surface area contributed by atoms with Crippen LogP contribution in [0.2, 0.25) is 0 Å². The van der Waals surface area contributed by atoms with Gasteiger partial charge >= 0.3 is 0 Å². The van der Waals surface area contributed by atoms with Crippen molar-refractivity contribution < 1.29 is 9.53 Å². The monoisotopic (exact) mass is 396 g/mol. The molecule has 1 aromatic carbocycles. The number of carbonyl (C=O) groups is 1. The fourth-order valence-electron chi connectivity index (χ4n) is 1.96. The van der Waals surface area contributed by atoms with Crippen molar-refractivity contribution in [1.29, 1.82) is 0 Å². The number of benzene rings is 1. The number of amides is 1. The summed E-state index contributed by atoms with van der Waals surface area (Å²) in [6, 6.07) is 5.31. The molecule has 0 fully saturated rings. The zero-order valence-electron chi connectivity index (χ0n) is 13.3. The van der Waals surface area contributed by atoms with E-state index in [2.05, 4.69) is 31.3 Å². The molecular formula is C15H17BrN4O2S. The lowest BCUT2D eigenvalue weighted by atomic mass is 10.1. The standard InChI is InChI=1S/C15H17BrN4O2S/c1-9-7-10(22-3)5-6-11(9)14(21)19-20(2)13-12(16)8-17-15(18-13)23-4/h5-8H,1-4H3,(H,19,21). The van der Waals surface area contributed by atoms with Gasteiger partial charge in [0.1, 0.15) is 5.75 Å². The van der Waals surface area contributed by atoms with Crippen LogP contribution in [-0.4, -0.2) is 36.3 Å². The van der Waals surface area contributed by atoms with Gasteiger partial charge in [-0.2, -0.15) is 0 Å². The number of carbonyl (C=O) groups excluding carboxylic acids is 1. The molecule has 0 saturated carbocycles. The summed E-state index contributed by atoms with van der Waals surface area (Å²) in [5, 5.41) is 2.20. The highest BCUT2D eigenvalue weighted by Gasteiger charge is 2.15. The molecule has 0 spiro atoms. The molecule has 6 nitrogen and oxygen atoms in total. The maximum absolute atomic E-state index is 12.5. The number of thioether (sulfide) groups is 1. The quantitative estimate of drug-likeness (QED) is 0.475. The largest absolute Gasteiger partial charge is 0.497 e. The van der Waals surface area contributed by atoms with E-state index in [0.29, 0.717) is 21.0 Å². The molecule has 1 heterocycles. The van der Waals surface area contributed by atoms with Crippen molar-refractivity contribution in [2.75, 3.05) is 25.4 Å². The van der Waals surface area contributed by atoms with Gasteiger partial charge in [-0.3, -0.25) is 15.2 Å². The number of hydrogen-bond donors (Lipinski definition) is 1. The first-order valence-electron chi connectivity index (χ1n) is 6.72. The Labute approximate surface area is 147 Å². The van der Waals surface area contributed by atoms with E-state index in [-0.39, 0.29) is 5.91 Å². The van der Waals surface area contributed by atoms with E-state index in [9.17, 15) is 4.79 Å². The Morgan fingerprint density at radius 1 is 1.43 bits per heavy atom. The third kappa shape index (κ3) is 4.14. The Hall–Kier alpha value is -1.80. The first-order chi connectivity index (χ1) is 11.0.